The number of rotatable bonds is 19. The maximum absolute atomic E-state index is 13.9. The van der Waals surface area contributed by atoms with E-state index in [4.69, 9.17) is 27.8 Å². The van der Waals surface area contributed by atoms with Gasteiger partial charge in [-0.3, -0.25) is 32.3 Å². The molecule has 0 amide bonds. The molecule has 0 radical (unpaired) electrons. The van der Waals surface area contributed by atoms with E-state index in [1.54, 1.807) is 64.1 Å². The number of aryl methyl sites for hydroxylation is 1. The molecule has 0 aliphatic carbocycles. The van der Waals surface area contributed by atoms with Gasteiger partial charge in [0, 0.05) is 25.7 Å². The molecule has 0 aliphatic heterocycles. The van der Waals surface area contributed by atoms with Gasteiger partial charge in [-0.05, 0) is 43.0 Å². The van der Waals surface area contributed by atoms with Gasteiger partial charge in [0.2, 0.25) is 28.6 Å². The summed E-state index contributed by atoms with van der Waals surface area (Å²) < 4.78 is 87.1. The van der Waals surface area contributed by atoms with Crippen LogP contribution in [0.4, 0.5) is 0 Å². The molecule has 0 saturated heterocycles. The van der Waals surface area contributed by atoms with Crippen LogP contribution in [0.3, 0.4) is 0 Å². The molecule has 4 atom stereocenters. The first-order valence-corrected chi connectivity index (χ1v) is 18.3. The van der Waals surface area contributed by atoms with Crippen LogP contribution < -0.4 is 15.3 Å². The Morgan fingerprint density at radius 3 is 1.88 bits per heavy atom. The summed E-state index contributed by atoms with van der Waals surface area (Å²) in [5.74, 6) is -1.27. The van der Waals surface area contributed by atoms with E-state index in [1.807, 2.05) is 0 Å². The van der Waals surface area contributed by atoms with Crippen LogP contribution in [-0.2, 0) is 53.8 Å². The second-order valence-corrected chi connectivity index (χ2v) is 13.5. The highest BCUT2D eigenvalue weighted by Gasteiger charge is 2.28. The molecule has 240 valence electrons. The molecular weight excluding hydrogens is 622 g/mol. The van der Waals surface area contributed by atoms with Crippen LogP contribution in [-0.4, -0.2) is 43.2 Å². The molecule has 2 aromatic rings. The van der Waals surface area contributed by atoms with Gasteiger partial charge in [-0.1, -0.05) is 52.0 Å². The quantitative estimate of drug-likeness (QED) is 0.0678. The van der Waals surface area contributed by atoms with Gasteiger partial charge in [-0.15, -0.1) is 0 Å². The highest BCUT2D eigenvalue weighted by molar-refractivity contribution is 7.85. The van der Waals surface area contributed by atoms with Crippen molar-refractivity contribution in [3.63, 3.8) is 0 Å². The number of carbonyl (C=O) groups is 2. The predicted octanol–water partition coefficient (Wildman–Crippen LogP) is 5.30. The standard InChI is InChI=1S/C28H40O12P2S/c1-5-23(29)37-25(7-3)39-41(31)22-18-17-20(14-12-13-19-43(33,34)35)28(27(22)36-21-15-10-9-11-16-21)42(32)40-26(8-4)38-24(30)6-2/h9-11,15-18,25-26,41-42H,5-8,12-14,19H2,1-4H3,(H,33,34,35). The van der Waals surface area contributed by atoms with E-state index < -0.39 is 56.4 Å². The normalized spacial score (nSPS) is 14.3. The Kier molecular flexibility index (Phi) is 15.6. The fourth-order valence-electron chi connectivity index (χ4n) is 3.73. The maximum Gasteiger partial charge on any atom is 0.307 e. The lowest BCUT2D eigenvalue weighted by Gasteiger charge is -2.22. The van der Waals surface area contributed by atoms with Crippen molar-refractivity contribution in [2.24, 2.45) is 0 Å². The van der Waals surface area contributed by atoms with Crippen molar-refractivity contribution in [1.82, 2.24) is 0 Å². The minimum Gasteiger partial charge on any atom is -0.456 e. The summed E-state index contributed by atoms with van der Waals surface area (Å²) in [6.07, 6.45) is -1.04. The Balaban J connectivity index is 2.62. The lowest BCUT2D eigenvalue weighted by atomic mass is 10.1. The Bertz CT molecular complexity index is 1370. The number of carbonyl (C=O) groups excluding carboxylic acids is 2. The van der Waals surface area contributed by atoms with E-state index in [2.05, 4.69) is 0 Å². The highest BCUT2D eigenvalue weighted by Crippen LogP contribution is 2.39. The monoisotopic (exact) mass is 662 g/mol. The topological polar surface area (TPSA) is 169 Å². The van der Waals surface area contributed by atoms with Crippen LogP contribution in [0.5, 0.6) is 11.5 Å². The van der Waals surface area contributed by atoms with E-state index in [0.717, 1.165) is 0 Å². The van der Waals surface area contributed by atoms with Gasteiger partial charge >= 0.3 is 11.9 Å². The smallest absolute Gasteiger partial charge is 0.307 e. The van der Waals surface area contributed by atoms with Gasteiger partial charge < -0.3 is 14.2 Å². The van der Waals surface area contributed by atoms with Crippen molar-refractivity contribution < 1.29 is 54.9 Å². The zero-order valence-corrected chi connectivity index (χ0v) is 27.5. The predicted molar refractivity (Wildman–Crippen MR) is 163 cm³/mol. The van der Waals surface area contributed by atoms with Crippen molar-refractivity contribution in [2.75, 3.05) is 5.75 Å². The summed E-state index contributed by atoms with van der Waals surface area (Å²) in [7, 11) is -10.6. The van der Waals surface area contributed by atoms with Gasteiger partial charge in [-0.2, -0.15) is 8.42 Å². The summed E-state index contributed by atoms with van der Waals surface area (Å²) in [6, 6.07) is 11.5. The van der Waals surface area contributed by atoms with Crippen molar-refractivity contribution >= 4 is 48.7 Å². The fraction of sp³-hybridized carbons (Fsp3) is 0.500. The van der Waals surface area contributed by atoms with E-state index >= 15 is 0 Å². The van der Waals surface area contributed by atoms with Crippen LogP contribution in [0.25, 0.3) is 0 Å². The van der Waals surface area contributed by atoms with Crippen LogP contribution >= 0.6 is 16.1 Å². The Labute approximate surface area is 253 Å². The lowest BCUT2D eigenvalue weighted by Crippen LogP contribution is -2.24. The summed E-state index contributed by atoms with van der Waals surface area (Å²) in [5, 5.41) is 0.113. The Hall–Kier alpha value is -2.53. The van der Waals surface area contributed by atoms with Crippen LogP contribution in [0, 0.1) is 0 Å². The molecule has 0 fully saturated rings. The zero-order valence-electron chi connectivity index (χ0n) is 24.7. The Morgan fingerprint density at radius 2 is 1.37 bits per heavy atom. The Morgan fingerprint density at radius 1 is 0.814 bits per heavy atom. The van der Waals surface area contributed by atoms with Crippen molar-refractivity contribution in [1.29, 1.82) is 0 Å². The summed E-state index contributed by atoms with van der Waals surface area (Å²) in [4.78, 5) is 23.8. The molecule has 4 unspecified atom stereocenters. The van der Waals surface area contributed by atoms with Gasteiger partial charge in [0.25, 0.3) is 10.1 Å². The van der Waals surface area contributed by atoms with Gasteiger partial charge in [-0.25, -0.2) is 0 Å². The van der Waals surface area contributed by atoms with Crippen LogP contribution in [0.2, 0.25) is 0 Å². The molecule has 0 aliphatic rings. The number of ether oxygens (including phenoxy) is 3. The number of hydrogen-bond donors (Lipinski definition) is 1. The summed E-state index contributed by atoms with van der Waals surface area (Å²) in [6.45, 7) is 6.60. The molecule has 2 rings (SSSR count). The third-order valence-corrected chi connectivity index (χ3v) is 9.52. The molecule has 0 aromatic heterocycles. The number of hydrogen-bond acceptors (Lipinski definition) is 11. The summed E-state index contributed by atoms with van der Waals surface area (Å²) in [5.41, 5.74) is 0.449. The number of esters is 2. The average Bonchev–Trinajstić information content (AvgIpc) is 2.98. The number of benzene rings is 2. The van der Waals surface area contributed by atoms with E-state index in [0.29, 0.717) is 11.3 Å². The summed E-state index contributed by atoms with van der Waals surface area (Å²) >= 11 is 0. The third kappa shape index (κ3) is 12.5. The van der Waals surface area contributed by atoms with Crippen molar-refractivity contribution in [3.05, 3.63) is 48.0 Å². The molecule has 15 heteroatoms. The van der Waals surface area contributed by atoms with E-state index in [9.17, 15) is 27.1 Å². The molecule has 43 heavy (non-hydrogen) atoms. The third-order valence-electron chi connectivity index (χ3n) is 5.98. The SMILES string of the molecule is CCC(=O)OC(CC)O[PH](=O)c1ccc(CCCCS(=O)(=O)O)c([PH](=O)OC(CC)OC(=O)CC)c1Oc1ccccc1. The minimum atomic E-state index is -4.17. The maximum atomic E-state index is 13.9. The second-order valence-electron chi connectivity index (χ2n) is 9.31. The van der Waals surface area contributed by atoms with E-state index in [-0.39, 0.29) is 61.3 Å². The zero-order chi connectivity index (χ0) is 32.0. The van der Waals surface area contributed by atoms with Gasteiger partial charge in [0.15, 0.2) is 5.75 Å². The minimum absolute atomic E-state index is 0.0529. The van der Waals surface area contributed by atoms with Crippen LogP contribution in [0.15, 0.2) is 42.5 Å². The lowest BCUT2D eigenvalue weighted by molar-refractivity contribution is -0.163. The fourth-order valence-corrected chi connectivity index (χ4v) is 7.00. The van der Waals surface area contributed by atoms with Gasteiger partial charge in [0.1, 0.15) is 5.75 Å². The van der Waals surface area contributed by atoms with Crippen molar-refractivity contribution in [3.8, 4) is 11.5 Å². The number of para-hydroxylation sites is 1. The molecule has 0 saturated carbocycles. The highest BCUT2D eigenvalue weighted by atomic mass is 32.2. The molecule has 0 spiro atoms. The first-order valence-electron chi connectivity index (χ1n) is 14.1. The first kappa shape index (κ1) is 36.7. The molecule has 0 heterocycles. The average molecular weight is 663 g/mol. The molecular formula is C28H40O12P2S. The number of unbranched alkanes of at least 4 members (excludes halogenated alkanes) is 1. The van der Waals surface area contributed by atoms with Gasteiger partial charge in [0.05, 0.1) is 16.4 Å². The molecule has 1 N–H and O–H groups in total. The van der Waals surface area contributed by atoms with Crippen molar-refractivity contribution in [2.45, 2.75) is 85.2 Å². The molecule has 12 nitrogen and oxygen atoms in total. The van der Waals surface area contributed by atoms with Crippen LogP contribution in [0.1, 0.15) is 71.8 Å². The van der Waals surface area contributed by atoms with E-state index in [1.165, 1.54) is 6.07 Å². The first-order chi connectivity index (χ1) is 20.4. The second kappa shape index (κ2) is 18.3. The largest absolute Gasteiger partial charge is 0.456 e. The molecule has 0 bridgehead atoms. The molecule has 2 aromatic carbocycles.